The van der Waals surface area contributed by atoms with Crippen LogP contribution < -0.4 is 5.32 Å². The molecule has 1 unspecified atom stereocenters. The van der Waals surface area contributed by atoms with E-state index in [-0.39, 0.29) is 0 Å². The first-order valence-corrected chi connectivity index (χ1v) is 9.40. The number of benzene rings is 2. The Morgan fingerprint density at radius 2 is 1.81 bits per heavy atom. The summed E-state index contributed by atoms with van der Waals surface area (Å²) in [6.45, 7) is 6.35. The molecule has 26 heavy (non-hydrogen) atoms. The Morgan fingerprint density at radius 1 is 1.04 bits per heavy atom. The minimum absolute atomic E-state index is 0.521. The van der Waals surface area contributed by atoms with Crippen molar-refractivity contribution in [3.8, 4) is 5.69 Å². The van der Waals surface area contributed by atoms with E-state index in [9.17, 15) is 0 Å². The molecular weight excluding hydrogens is 320 g/mol. The van der Waals surface area contributed by atoms with E-state index in [1.165, 1.54) is 16.7 Å². The first-order chi connectivity index (χ1) is 12.8. The molecule has 134 valence electrons. The third-order valence-electron chi connectivity index (χ3n) is 5.21. The minimum atomic E-state index is 0.521. The molecule has 1 aromatic heterocycles. The van der Waals surface area contributed by atoms with Crippen LogP contribution in [0.25, 0.3) is 5.69 Å². The second-order valence-electron chi connectivity index (χ2n) is 7.10. The third kappa shape index (κ3) is 3.87. The van der Waals surface area contributed by atoms with Gasteiger partial charge in [0, 0.05) is 44.0 Å². The molecule has 1 atom stereocenters. The molecule has 4 rings (SSSR count). The van der Waals surface area contributed by atoms with Gasteiger partial charge in [0.1, 0.15) is 0 Å². The van der Waals surface area contributed by atoms with Crippen molar-refractivity contribution in [1.82, 2.24) is 20.0 Å². The molecule has 1 aliphatic heterocycles. The SMILES string of the molecule is CC(CNCc1cnn(-c2ccccc2)c1)N1CCc2ccccc2C1. The lowest BCUT2D eigenvalue weighted by Crippen LogP contribution is -2.42. The van der Waals surface area contributed by atoms with Crippen LogP contribution in [0.4, 0.5) is 0 Å². The summed E-state index contributed by atoms with van der Waals surface area (Å²) in [7, 11) is 0. The molecule has 1 aliphatic rings. The molecule has 0 radical (unpaired) electrons. The van der Waals surface area contributed by atoms with Gasteiger partial charge in [-0.15, -0.1) is 0 Å². The Labute approximate surface area is 155 Å². The number of aromatic nitrogens is 2. The van der Waals surface area contributed by atoms with Gasteiger partial charge in [0.05, 0.1) is 11.9 Å². The van der Waals surface area contributed by atoms with Gasteiger partial charge in [-0.05, 0) is 36.6 Å². The summed E-state index contributed by atoms with van der Waals surface area (Å²) in [5.41, 5.74) is 5.30. The summed E-state index contributed by atoms with van der Waals surface area (Å²) in [6.07, 6.45) is 5.20. The fraction of sp³-hybridized carbons (Fsp3) is 0.318. The average molecular weight is 346 g/mol. The zero-order valence-electron chi connectivity index (χ0n) is 15.3. The van der Waals surface area contributed by atoms with Crippen molar-refractivity contribution in [2.24, 2.45) is 0 Å². The zero-order chi connectivity index (χ0) is 17.8. The van der Waals surface area contributed by atoms with E-state index in [0.717, 1.165) is 38.3 Å². The summed E-state index contributed by atoms with van der Waals surface area (Å²) >= 11 is 0. The summed E-state index contributed by atoms with van der Waals surface area (Å²) in [5, 5.41) is 8.06. The van der Waals surface area contributed by atoms with Crippen LogP contribution in [0.1, 0.15) is 23.6 Å². The number of rotatable bonds is 6. The molecule has 0 bridgehead atoms. The number of hydrogen-bond donors (Lipinski definition) is 1. The third-order valence-corrected chi connectivity index (χ3v) is 5.21. The number of hydrogen-bond acceptors (Lipinski definition) is 3. The van der Waals surface area contributed by atoms with Gasteiger partial charge in [-0.1, -0.05) is 42.5 Å². The molecule has 4 heteroatoms. The number of para-hydroxylation sites is 1. The van der Waals surface area contributed by atoms with Gasteiger partial charge >= 0.3 is 0 Å². The van der Waals surface area contributed by atoms with Gasteiger partial charge in [-0.3, -0.25) is 4.90 Å². The van der Waals surface area contributed by atoms with Crippen molar-refractivity contribution in [1.29, 1.82) is 0 Å². The number of nitrogens with one attached hydrogen (secondary N) is 1. The Bertz CT molecular complexity index is 840. The van der Waals surface area contributed by atoms with Crippen LogP contribution in [-0.4, -0.2) is 33.8 Å². The van der Waals surface area contributed by atoms with Crippen LogP contribution in [-0.2, 0) is 19.5 Å². The Hall–Kier alpha value is -2.43. The topological polar surface area (TPSA) is 33.1 Å². The lowest BCUT2D eigenvalue weighted by molar-refractivity contribution is 0.186. The monoisotopic (exact) mass is 346 g/mol. The summed E-state index contributed by atoms with van der Waals surface area (Å²) < 4.78 is 1.93. The Morgan fingerprint density at radius 3 is 2.65 bits per heavy atom. The lowest BCUT2D eigenvalue weighted by atomic mass is 9.99. The van der Waals surface area contributed by atoms with E-state index in [4.69, 9.17) is 0 Å². The Balaban J connectivity index is 1.28. The summed E-state index contributed by atoms with van der Waals surface area (Å²) in [5.74, 6) is 0. The molecule has 0 saturated heterocycles. The summed E-state index contributed by atoms with van der Waals surface area (Å²) in [6, 6.07) is 19.6. The van der Waals surface area contributed by atoms with E-state index < -0.39 is 0 Å². The average Bonchev–Trinajstić information content (AvgIpc) is 3.17. The number of fused-ring (bicyclic) bond motifs is 1. The van der Waals surface area contributed by atoms with Crippen molar-refractivity contribution < 1.29 is 0 Å². The fourth-order valence-corrected chi connectivity index (χ4v) is 3.62. The van der Waals surface area contributed by atoms with Crippen LogP contribution in [0.5, 0.6) is 0 Å². The van der Waals surface area contributed by atoms with E-state index in [1.807, 2.05) is 29.1 Å². The van der Waals surface area contributed by atoms with Crippen LogP contribution in [0, 0.1) is 0 Å². The fourth-order valence-electron chi connectivity index (χ4n) is 3.62. The first kappa shape index (κ1) is 17.0. The van der Waals surface area contributed by atoms with Crippen LogP contribution in [0.3, 0.4) is 0 Å². The zero-order valence-corrected chi connectivity index (χ0v) is 15.3. The van der Waals surface area contributed by atoms with E-state index in [2.05, 4.69) is 64.8 Å². The maximum atomic E-state index is 4.47. The van der Waals surface area contributed by atoms with Gasteiger partial charge < -0.3 is 5.32 Å². The molecule has 0 amide bonds. The molecule has 0 spiro atoms. The lowest BCUT2D eigenvalue weighted by Gasteiger charge is -2.33. The highest BCUT2D eigenvalue weighted by molar-refractivity contribution is 5.31. The van der Waals surface area contributed by atoms with E-state index in [0.29, 0.717) is 6.04 Å². The minimum Gasteiger partial charge on any atom is -0.311 e. The largest absolute Gasteiger partial charge is 0.311 e. The highest BCUT2D eigenvalue weighted by Crippen LogP contribution is 2.20. The number of nitrogens with zero attached hydrogens (tertiary/aromatic N) is 3. The molecule has 0 aliphatic carbocycles. The standard InChI is InChI=1S/C22H26N4/c1-18(25-12-11-20-7-5-6-8-21(20)17-25)13-23-14-19-15-24-26(16-19)22-9-3-2-4-10-22/h2-10,15-16,18,23H,11-14,17H2,1H3. The van der Waals surface area contributed by atoms with Crippen LogP contribution >= 0.6 is 0 Å². The molecule has 0 saturated carbocycles. The van der Waals surface area contributed by atoms with Crippen molar-refractivity contribution in [2.45, 2.75) is 32.5 Å². The summed E-state index contributed by atoms with van der Waals surface area (Å²) in [4.78, 5) is 2.57. The first-order valence-electron chi connectivity index (χ1n) is 9.40. The van der Waals surface area contributed by atoms with Gasteiger partial charge in [0.25, 0.3) is 0 Å². The molecule has 3 aromatic rings. The molecule has 2 heterocycles. The molecule has 2 aromatic carbocycles. The molecular formula is C22H26N4. The van der Waals surface area contributed by atoms with Gasteiger partial charge in [-0.2, -0.15) is 5.10 Å². The highest BCUT2D eigenvalue weighted by atomic mass is 15.3. The molecule has 0 fully saturated rings. The highest BCUT2D eigenvalue weighted by Gasteiger charge is 2.19. The van der Waals surface area contributed by atoms with Gasteiger partial charge in [-0.25, -0.2) is 4.68 Å². The van der Waals surface area contributed by atoms with Crippen LogP contribution in [0.2, 0.25) is 0 Å². The second kappa shape index (κ2) is 7.85. The quantitative estimate of drug-likeness (QED) is 0.742. The second-order valence-corrected chi connectivity index (χ2v) is 7.10. The van der Waals surface area contributed by atoms with Gasteiger partial charge in [0.2, 0.25) is 0 Å². The normalized spacial score (nSPS) is 15.6. The van der Waals surface area contributed by atoms with Crippen molar-refractivity contribution in [3.63, 3.8) is 0 Å². The van der Waals surface area contributed by atoms with E-state index >= 15 is 0 Å². The smallest absolute Gasteiger partial charge is 0.0645 e. The predicted octanol–water partition coefficient (Wildman–Crippen LogP) is 3.41. The maximum absolute atomic E-state index is 4.47. The maximum Gasteiger partial charge on any atom is 0.0645 e. The van der Waals surface area contributed by atoms with Crippen LogP contribution in [0.15, 0.2) is 67.0 Å². The van der Waals surface area contributed by atoms with Gasteiger partial charge in [0.15, 0.2) is 0 Å². The van der Waals surface area contributed by atoms with Crippen molar-refractivity contribution in [2.75, 3.05) is 13.1 Å². The van der Waals surface area contributed by atoms with Crippen molar-refractivity contribution in [3.05, 3.63) is 83.7 Å². The van der Waals surface area contributed by atoms with E-state index in [1.54, 1.807) is 0 Å². The Kier molecular flexibility index (Phi) is 5.14. The van der Waals surface area contributed by atoms with Crippen molar-refractivity contribution >= 4 is 0 Å². The molecule has 1 N–H and O–H groups in total. The molecule has 4 nitrogen and oxygen atoms in total. The predicted molar refractivity (Wildman–Crippen MR) is 105 cm³/mol.